The molecule has 11 heteroatoms. The van der Waals surface area contributed by atoms with Crippen LogP contribution in [0.2, 0.25) is 0 Å². The molecule has 0 unspecified atom stereocenters. The topological polar surface area (TPSA) is 92.1 Å². The van der Waals surface area contributed by atoms with Gasteiger partial charge in [-0.15, -0.1) is 0 Å². The van der Waals surface area contributed by atoms with Crippen molar-refractivity contribution >= 4 is 9.64 Å². The van der Waals surface area contributed by atoms with Gasteiger partial charge in [-0.2, -0.15) is 5.10 Å². The van der Waals surface area contributed by atoms with Gasteiger partial charge in [-0.3, -0.25) is 14.6 Å². The van der Waals surface area contributed by atoms with Gasteiger partial charge >= 0.3 is 27.2 Å². The molecule has 0 saturated heterocycles. The number of aromatic nitrogens is 9. The van der Waals surface area contributed by atoms with Crippen molar-refractivity contribution in [3.8, 4) is 23.0 Å². The van der Waals surface area contributed by atoms with Crippen molar-refractivity contribution in [1.82, 2.24) is 43.8 Å². The van der Waals surface area contributed by atoms with E-state index in [0.717, 1.165) is 23.0 Å². The van der Waals surface area contributed by atoms with Gasteiger partial charge < -0.3 is 9.13 Å². The van der Waals surface area contributed by atoms with Crippen molar-refractivity contribution in [2.24, 2.45) is 21.1 Å². The van der Waals surface area contributed by atoms with Gasteiger partial charge in [0.15, 0.2) is 11.6 Å². The zero-order valence-corrected chi connectivity index (χ0v) is 21.1. The van der Waals surface area contributed by atoms with Crippen molar-refractivity contribution in [3.63, 3.8) is 0 Å². The monoisotopic (exact) mass is 628 g/mol. The summed E-state index contributed by atoms with van der Waals surface area (Å²) >= 11 is 1.33. The second-order valence-electron chi connectivity index (χ2n) is 6.22. The van der Waals surface area contributed by atoms with Crippen LogP contribution < -0.4 is 0 Å². The van der Waals surface area contributed by atoms with E-state index in [9.17, 15) is 0 Å². The van der Waals surface area contributed by atoms with Crippen molar-refractivity contribution < 1.29 is 17.6 Å². The normalized spacial score (nSPS) is 9.41. The van der Waals surface area contributed by atoms with Gasteiger partial charge in [0.1, 0.15) is 24.0 Å². The summed E-state index contributed by atoms with van der Waals surface area (Å²) in [6.07, 6.45) is 14.0. The predicted molar refractivity (Wildman–Crippen MR) is 120 cm³/mol. The standard InChI is InChI=1S/2C9H9N3.C3H5N3.ClH.Os/c2*1-12-7-6-11-9(12)8-4-2-3-5-10-8;1-6-3-4-2-5-6;;/h2*2-7H,1H3;2-3H,1H3;1H;/q;;;;+1/p-1. The van der Waals surface area contributed by atoms with E-state index >= 15 is 0 Å². The molecule has 0 bridgehead atoms. The third kappa shape index (κ3) is 7.80. The summed E-state index contributed by atoms with van der Waals surface area (Å²) in [5, 5.41) is 3.72. The number of halogens is 1. The Labute approximate surface area is 201 Å². The first-order valence-electron chi connectivity index (χ1n) is 9.34. The maximum absolute atomic E-state index is 4.67. The van der Waals surface area contributed by atoms with Crippen LogP contribution in [0.5, 0.6) is 0 Å². The molecule has 5 aromatic rings. The Morgan fingerprint density at radius 2 is 1.19 bits per heavy atom. The molecule has 5 aromatic heterocycles. The van der Waals surface area contributed by atoms with Gasteiger partial charge in [0, 0.05) is 58.3 Å². The molecule has 0 spiro atoms. The number of pyridine rings is 2. The molecule has 167 valence electrons. The average Bonchev–Trinajstić information content (AvgIpc) is 3.60. The molecule has 0 N–H and O–H groups in total. The number of imidazole rings is 2. The van der Waals surface area contributed by atoms with Gasteiger partial charge in [0.25, 0.3) is 0 Å². The van der Waals surface area contributed by atoms with Crippen LogP contribution in [-0.2, 0) is 38.7 Å². The van der Waals surface area contributed by atoms with E-state index in [4.69, 9.17) is 0 Å². The molecule has 0 amide bonds. The predicted octanol–water partition coefficient (Wildman–Crippen LogP) is 3.47. The molecule has 9 nitrogen and oxygen atoms in total. The fourth-order valence-corrected chi connectivity index (χ4v) is 2.48. The van der Waals surface area contributed by atoms with Gasteiger partial charge in [0.05, 0.1) is 0 Å². The molecule has 5 rings (SSSR count). The first kappa shape index (κ1) is 25.1. The van der Waals surface area contributed by atoms with E-state index in [0.29, 0.717) is 0 Å². The number of hydrogen-bond donors (Lipinski definition) is 0. The molecule has 0 atom stereocenters. The van der Waals surface area contributed by atoms with E-state index in [1.54, 1.807) is 35.8 Å². The van der Waals surface area contributed by atoms with Crippen LogP contribution in [0, 0.1) is 0 Å². The first-order chi connectivity index (χ1) is 15.6. The second-order valence-corrected chi connectivity index (χ2v) is 6.22. The summed E-state index contributed by atoms with van der Waals surface area (Å²) in [5.74, 6) is 1.80. The van der Waals surface area contributed by atoms with Crippen molar-refractivity contribution in [3.05, 3.63) is 86.2 Å². The van der Waals surface area contributed by atoms with Gasteiger partial charge in [-0.25, -0.2) is 15.0 Å². The van der Waals surface area contributed by atoms with Crippen molar-refractivity contribution in [2.75, 3.05) is 0 Å². The van der Waals surface area contributed by atoms with Crippen LogP contribution in [0.3, 0.4) is 0 Å². The van der Waals surface area contributed by atoms with Crippen LogP contribution in [0.1, 0.15) is 0 Å². The zero-order valence-electron chi connectivity index (χ0n) is 17.8. The Kier molecular flexibility index (Phi) is 10.9. The summed E-state index contributed by atoms with van der Waals surface area (Å²) in [5.41, 5.74) is 1.81. The average molecular weight is 627 g/mol. The Hall–Kier alpha value is -3.21. The second kappa shape index (κ2) is 14.0. The summed E-state index contributed by atoms with van der Waals surface area (Å²) in [7, 11) is 10.4. The molecule has 0 aliphatic heterocycles. The van der Waals surface area contributed by atoms with E-state index < -0.39 is 0 Å². The number of rotatable bonds is 2. The number of aryl methyl sites for hydroxylation is 3. The van der Waals surface area contributed by atoms with Crippen LogP contribution in [-0.4, -0.2) is 43.8 Å². The van der Waals surface area contributed by atoms with Crippen molar-refractivity contribution in [1.29, 1.82) is 0 Å². The van der Waals surface area contributed by atoms with Crippen LogP contribution in [0.15, 0.2) is 86.2 Å². The molecule has 0 fully saturated rings. The van der Waals surface area contributed by atoms with E-state index in [-0.39, 0.29) is 0 Å². The van der Waals surface area contributed by atoms with E-state index in [1.807, 2.05) is 79.1 Å². The van der Waals surface area contributed by atoms with E-state index in [2.05, 4.69) is 39.7 Å². The molecule has 0 aliphatic carbocycles. The molecule has 0 aromatic carbocycles. The Morgan fingerprint density at radius 1 is 0.688 bits per heavy atom. The Morgan fingerprint density at radius 3 is 1.44 bits per heavy atom. The summed E-state index contributed by atoms with van der Waals surface area (Å²) in [6, 6.07) is 11.6. The van der Waals surface area contributed by atoms with Crippen molar-refractivity contribution in [2.45, 2.75) is 0 Å². The molecule has 32 heavy (non-hydrogen) atoms. The minimum atomic E-state index is 0.899. The number of nitrogens with zero attached hydrogens (tertiary/aromatic N) is 9. The fourth-order valence-electron chi connectivity index (χ4n) is 2.48. The molecule has 0 aliphatic rings. The van der Waals surface area contributed by atoms with Crippen LogP contribution in [0.4, 0.5) is 0 Å². The molecular weight excluding hydrogens is 604 g/mol. The third-order valence-electron chi connectivity index (χ3n) is 3.96. The van der Waals surface area contributed by atoms with Gasteiger partial charge in [-0.05, 0) is 24.3 Å². The Balaban J connectivity index is 0.000000172. The molecule has 0 saturated carbocycles. The summed E-state index contributed by atoms with van der Waals surface area (Å²) in [4.78, 5) is 20.4. The van der Waals surface area contributed by atoms with Crippen LogP contribution in [0.25, 0.3) is 23.0 Å². The quantitative estimate of drug-likeness (QED) is 0.298. The third-order valence-corrected chi connectivity index (χ3v) is 3.96. The SMILES string of the molecule is Cn1ccnc1-c1ccccn1.Cn1ccnc1-c1ccccn1.Cn1cncn1.[Cl][Os]. The van der Waals surface area contributed by atoms with E-state index in [1.165, 1.54) is 23.9 Å². The fraction of sp³-hybridized carbons (Fsp3) is 0.143. The first-order valence-corrected chi connectivity index (χ1v) is 12.5. The Bertz CT molecular complexity index is 1050. The maximum atomic E-state index is 4.67. The van der Waals surface area contributed by atoms with Gasteiger partial charge in [0.2, 0.25) is 0 Å². The number of hydrogen-bond acceptors (Lipinski definition) is 6. The molecular formula is C21H23ClN9Os. The van der Waals surface area contributed by atoms with Gasteiger partial charge in [-0.1, -0.05) is 12.1 Å². The summed E-state index contributed by atoms with van der Waals surface area (Å²) in [6.45, 7) is 0. The summed E-state index contributed by atoms with van der Waals surface area (Å²) < 4.78 is 5.53. The minimum absolute atomic E-state index is 0.899. The van der Waals surface area contributed by atoms with Crippen LogP contribution >= 0.6 is 9.64 Å². The molecule has 0 radical (unpaired) electrons. The molecule has 5 heterocycles. The zero-order chi connectivity index (χ0) is 23.2.